The molecule has 2 N–H and O–H groups in total. The van der Waals surface area contributed by atoms with Gasteiger partial charge in [0.1, 0.15) is 10.7 Å². The third kappa shape index (κ3) is 4.59. The maximum atomic E-state index is 13.8. The Bertz CT molecular complexity index is 970. The number of nitrogens with zero attached hydrogens (tertiary/aromatic N) is 3. The van der Waals surface area contributed by atoms with Crippen LogP contribution in [-0.4, -0.2) is 53.8 Å². The van der Waals surface area contributed by atoms with Crippen LogP contribution in [0.25, 0.3) is 0 Å². The summed E-state index contributed by atoms with van der Waals surface area (Å²) in [5.74, 6) is -1.08. The minimum Gasteiger partial charge on any atom is -0.337 e. The van der Waals surface area contributed by atoms with E-state index in [-0.39, 0.29) is 28.3 Å². The number of sulfonamides is 1. The van der Waals surface area contributed by atoms with Gasteiger partial charge in [0.2, 0.25) is 10.0 Å². The maximum Gasteiger partial charge on any atom is 0.276 e. The molecule has 0 saturated carbocycles. The van der Waals surface area contributed by atoms with E-state index in [9.17, 15) is 17.6 Å². The Morgan fingerprint density at radius 3 is 2.86 bits per heavy atom. The molecular formula is C18H23ClFN5O3S. The summed E-state index contributed by atoms with van der Waals surface area (Å²) >= 11 is 5.89. The molecule has 1 aromatic carbocycles. The second-order valence-electron chi connectivity index (χ2n) is 7.27. The predicted molar refractivity (Wildman–Crippen MR) is 105 cm³/mol. The summed E-state index contributed by atoms with van der Waals surface area (Å²) in [5.41, 5.74) is 0.219. The minimum atomic E-state index is -4.03. The fourth-order valence-corrected chi connectivity index (χ4v) is 5.61. The summed E-state index contributed by atoms with van der Waals surface area (Å²) in [7, 11) is -4.03. The van der Waals surface area contributed by atoms with Crippen molar-refractivity contribution < 1.29 is 17.6 Å². The van der Waals surface area contributed by atoms with Gasteiger partial charge in [-0.3, -0.25) is 4.79 Å². The molecule has 0 bridgehead atoms. The van der Waals surface area contributed by atoms with Crippen molar-refractivity contribution in [2.45, 2.75) is 37.6 Å². The van der Waals surface area contributed by atoms with Crippen LogP contribution in [0.5, 0.6) is 0 Å². The van der Waals surface area contributed by atoms with Gasteiger partial charge in [-0.25, -0.2) is 17.5 Å². The van der Waals surface area contributed by atoms with Crippen molar-refractivity contribution >= 4 is 27.5 Å². The molecule has 1 aromatic heterocycles. The highest BCUT2D eigenvalue weighted by Crippen LogP contribution is 2.31. The molecule has 1 aliphatic rings. The molecule has 158 valence electrons. The number of carbonyl (C=O) groups excluding carboxylic acids is 1. The molecule has 1 amide bonds. The van der Waals surface area contributed by atoms with Crippen LogP contribution in [0.15, 0.2) is 29.3 Å². The van der Waals surface area contributed by atoms with E-state index in [1.807, 2.05) is 13.8 Å². The fourth-order valence-electron chi connectivity index (χ4n) is 3.77. The van der Waals surface area contributed by atoms with Crippen LogP contribution in [0.4, 0.5) is 4.39 Å². The lowest BCUT2D eigenvalue weighted by Crippen LogP contribution is -2.43. The number of rotatable bonds is 7. The Hall–Kier alpha value is -2.04. The number of likely N-dealkylation sites (tertiary alicyclic amines) is 1. The van der Waals surface area contributed by atoms with E-state index in [4.69, 9.17) is 11.6 Å². The molecule has 0 unspecified atom stereocenters. The molecule has 29 heavy (non-hydrogen) atoms. The monoisotopic (exact) mass is 443 g/mol. The van der Waals surface area contributed by atoms with Gasteiger partial charge in [0, 0.05) is 19.1 Å². The number of hydrogen-bond acceptors (Lipinski definition) is 5. The van der Waals surface area contributed by atoms with Gasteiger partial charge in [-0.2, -0.15) is 15.4 Å². The third-order valence-corrected chi connectivity index (χ3v) is 7.25. The van der Waals surface area contributed by atoms with Crippen molar-refractivity contribution in [2.75, 3.05) is 13.1 Å². The fraction of sp³-hybridized carbons (Fsp3) is 0.500. The first-order chi connectivity index (χ1) is 13.7. The van der Waals surface area contributed by atoms with Crippen molar-refractivity contribution in [3.8, 4) is 0 Å². The van der Waals surface area contributed by atoms with E-state index in [0.29, 0.717) is 19.5 Å². The van der Waals surface area contributed by atoms with Crippen molar-refractivity contribution in [3.05, 3.63) is 40.9 Å². The molecule has 3 rings (SSSR count). The minimum absolute atomic E-state index is 0.0630. The Kier molecular flexibility index (Phi) is 6.55. The number of H-pyrrole nitrogens is 1. The molecule has 2 heterocycles. The van der Waals surface area contributed by atoms with E-state index in [1.54, 1.807) is 4.90 Å². The van der Waals surface area contributed by atoms with Crippen molar-refractivity contribution in [3.63, 3.8) is 0 Å². The molecule has 0 aliphatic carbocycles. The van der Waals surface area contributed by atoms with Crippen LogP contribution in [-0.2, 0) is 10.0 Å². The smallest absolute Gasteiger partial charge is 0.276 e. The van der Waals surface area contributed by atoms with Crippen molar-refractivity contribution in [1.82, 2.24) is 25.0 Å². The third-order valence-electron chi connectivity index (χ3n) is 5.22. The molecule has 0 spiro atoms. The number of aromatic nitrogens is 3. The van der Waals surface area contributed by atoms with Gasteiger partial charge in [0.15, 0.2) is 5.69 Å². The Morgan fingerprint density at radius 2 is 2.21 bits per heavy atom. The van der Waals surface area contributed by atoms with Crippen molar-refractivity contribution in [1.29, 1.82) is 0 Å². The number of amides is 1. The van der Waals surface area contributed by atoms with Crippen LogP contribution < -0.4 is 4.72 Å². The van der Waals surface area contributed by atoms with Gasteiger partial charge in [-0.1, -0.05) is 37.9 Å². The number of hydrogen-bond donors (Lipinski definition) is 2. The lowest BCUT2D eigenvalue weighted by Gasteiger charge is -2.27. The summed E-state index contributed by atoms with van der Waals surface area (Å²) in [6, 6.07) is 3.27. The normalized spacial score (nSPS) is 20.8. The average Bonchev–Trinajstić information content (AvgIpc) is 3.32. The van der Waals surface area contributed by atoms with E-state index in [2.05, 4.69) is 20.1 Å². The molecule has 8 nitrogen and oxygen atoms in total. The highest BCUT2D eigenvalue weighted by molar-refractivity contribution is 7.89. The molecule has 2 aromatic rings. The van der Waals surface area contributed by atoms with E-state index in [1.165, 1.54) is 18.3 Å². The number of halogens is 2. The van der Waals surface area contributed by atoms with Gasteiger partial charge in [0.25, 0.3) is 5.91 Å². The SMILES string of the molecule is CCC[C@@H](NS(=O)(=O)c1cccc(F)c1Cl)[C@H]1CN(C(=O)c2cn[nH]n2)C[C@H]1C. The van der Waals surface area contributed by atoms with Gasteiger partial charge in [-0.05, 0) is 30.4 Å². The highest BCUT2D eigenvalue weighted by atomic mass is 35.5. The molecule has 3 atom stereocenters. The predicted octanol–water partition coefficient (Wildman–Crippen LogP) is 2.45. The first kappa shape index (κ1) is 21.7. The van der Waals surface area contributed by atoms with Crippen molar-refractivity contribution in [2.24, 2.45) is 11.8 Å². The Morgan fingerprint density at radius 1 is 1.45 bits per heavy atom. The summed E-state index contributed by atoms with van der Waals surface area (Å²) in [4.78, 5) is 13.9. The molecule has 1 saturated heterocycles. The topological polar surface area (TPSA) is 108 Å². The Balaban J connectivity index is 1.80. The summed E-state index contributed by atoms with van der Waals surface area (Å²) in [5, 5.41) is 9.46. The zero-order chi connectivity index (χ0) is 21.2. The van der Waals surface area contributed by atoms with Crippen LogP contribution in [0.1, 0.15) is 37.2 Å². The Labute approximate surface area is 173 Å². The van der Waals surface area contributed by atoms with Crippen LogP contribution >= 0.6 is 11.6 Å². The lowest BCUT2D eigenvalue weighted by molar-refractivity contribution is 0.0777. The molecular weight excluding hydrogens is 421 g/mol. The van der Waals surface area contributed by atoms with Crippen LogP contribution in [0, 0.1) is 17.7 Å². The maximum absolute atomic E-state index is 13.8. The van der Waals surface area contributed by atoms with Crippen LogP contribution in [0.3, 0.4) is 0 Å². The lowest BCUT2D eigenvalue weighted by atomic mass is 9.88. The largest absolute Gasteiger partial charge is 0.337 e. The van der Waals surface area contributed by atoms with E-state index in [0.717, 1.165) is 12.5 Å². The highest BCUT2D eigenvalue weighted by Gasteiger charge is 2.39. The molecule has 1 aliphatic heterocycles. The molecule has 11 heteroatoms. The standard InChI is InChI=1S/C18H23ClFN5O3S/c1-3-5-14(23-29(27,28)16-7-4-6-13(20)17(16)19)12-10-25(9-11(12)2)18(26)15-8-21-24-22-15/h4,6-8,11-12,14,23H,3,5,9-10H2,1-2H3,(H,21,22,24)/t11-,12+,14-/m1/s1. The second kappa shape index (κ2) is 8.76. The molecule has 0 radical (unpaired) electrons. The number of benzene rings is 1. The first-order valence-electron chi connectivity index (χ1n) is 9.36. The summed E-state index contributed by atoms with van der Waals surface area (Å²) in [6.45, 7) is 4.80. The van der Waals surface area contributed by atoms with Crippen LogP contribution in [0.2, 0.25) is 5.02 Å². The summed E-state index contributed by atoms with van der Waals surface area (Å²) < 4.78 is 42.2. The zero-order valence-corrected chi connectivity index (χ0v) is 17.7. The number of aromatic amines is 1. The second-order valence-corrected chi connectivity index (χ2v) is 9.34. The summed E-state index contributed by atoms with van der Waals surface area (Å²) in [6.07, 6.45) is 2.68. The van der Waals surface area contributed by atoms with E-state index < -0.39 is 26.9 Å². The number of carbonyl (C=O) groups is 1. The van der Waals surface area contributed by atoms with Gasteiger partial charge in [0.05, 0.1) is 11.2 Å². The van der Waals surface area contributed by atoms with Gasteiger partial charge < -0.3 is 4.90 Å². The van der Waals surface area contributed by atoms with Gasteiger partial charge >= 0.3 is 0 Å². The quantitative estimate of drug-likeness (QED) is 0.683. The molecule has 1 fully saturated rings. The first-order valence-corrected chi connectivity index (χ1v) is 11.2. The zero-order valence-electron chi connectivity index (χ0n) is 16.1. The average molecular weight is 444 g/mol. The van der Waals surface area contributed by atoms with E-state index >= 15 is 0 Å². The number of nitrogens with one attached hydrogen (secondary N) is 2. The van der Waals surface area contributed by atoms with Gasteiger partial charge in [-0.15, -0.1) is 0 Å².